The van der Waals surface area contributed by atoms with Gasteiger partial charge in [0.05, 0.1) is 31.7 Å². The van der Waals surface area contributed by atoms with Crippen LogP contribution in [0.5, 0.6) is 0 Å². The minimum atomic E-state index is -0.805. The molecule has 2 aliphatic rings. The number of imidazole rings is 1. The molecule has 2 saturated heterocycles. The van der Waals surface area contributed by atoms with E-state index in [-0.39, 0.29) is 37.1 Å². The molecule has 0 amide bonds. The third-order valence-corrected chi connectivity index (χ3v) is 4.39. The maximum absolute atomic E-state index is 12.2. The highest BCUT2D eigenvalue weighted by atomic mass is 16.6. The normalized spacial score (nSPS) is 29.9. The molecule has 0 aliphatic carbocycles. The summed E-state index contributed by atoms with van der Waals surface area (Å²) in [5.74, 6) is 0.191. The molecule has 5 N–H and O–H groups in total. The Morgan fingerprint density at radius 3 is 3.00 bits per heavy atom. The number of hydrogen-bond acceptors (Lipinski definition) is 9. The highest BCUT2D eigenvalue weighted by Crippen LogP contribution is 2.30. The van der Waals surface area contributed by atoms with Crippen molar-refractivity contribution < 1.29 is 24.8 Å². The average Bonchev–Trinajstić information content (AvgIpc) is 3.25. The van der Waals surface area contributed by atoms with Crippen molar-refractivity contribution in [2.45, 2.75) is 37.1 Å². The van der Waals surface area contributed by atoms with Crippen LogP contribution in [0.1, 0.15) is 12.6 Å². The van der Waals surface area contributed by atoms with Gasteiger partial charge in [0, 0.05) is 13.0 Å². The molecule has 4 rings (SSSR count). The smallest absolute Gasteiger partial charge is 0.280 e. The first-order chi connectivity index (χ1) is 12.1. The monoisotopic (exact) mass is 353 g/mol. The zero-order valence-corrected chi connectivity index (χ0v) is 13.2. The van der Waals surface area contributed by atoms with Gasteiger partial charge in [-0.1, -0.05) is 0 Å². The van der Waals surface area contributed by atoms with Crippen molar-refractivity contribution in [3.8, 4) is 0 Å². The Kier molecular flexibility index (Phi) is 4.17. The van der Waals surface area contributed by atoms with Gasteiger partial charge in [0.15, 0.2) is 11.2 Å². The predicted molar refractivity (Wildman–Crippen MR) is 84.0 cm³/mol. The molecule has 2 aromatic rings. The Morgan fingerprint density at radius 1 is 1.52 bits per heavy atom. The number of ether oxygens (including phenoxy) is 2. The van der Waals surface area contributed by atoms with Crippen LogP contribution in [0.15, 0.2) is 11.1 Å². The number of nitrogens with one attached hydrogen (secondary N) is 2. The lowest BCUT2D eigenvalue weighted by Crippen LogP contribution is -2.26. The number of aromatic nitrogens is 4. The molecule has 3 unspecified atom stereocenters. The average molecular weight is 353 g/mol. The van der Waals surface area contributed by atoms with Gasteiger partial charge >= 0.3 is 0 Å². The summed E-state index contributed by atoms with van der Waals surface area (Å²) in [6.07, 6.45) is -1.27. The largest absolute Gasteiger partial charge is 0.394 e. The number of nitrogens with zero attached hydrogens (tertiary/aromatic N) is 3. The van der Waals surface area contributed by atoms with Crippen molar-refractivity contribution in [1.29, 1.82) is 0 Å². The summed E-state index contributed by atoms with van der Waals surface area (Å²) in [6, 6.07) is 0. The van der Waals surface area contributed by atoms with Crippen molar-refractivity contribution in [2.24, 2.45) is 0 Å². The van der Waals surface area contributed by atoms with E-state index in [1.807, 2.05) is 0 Å². The number of aliphatic hydroxyl groups excluding tert-OH is 3. The van der Waals surface area contributed by atoms with Crippen molar-refractivity contribution in [2.75, 3.05) is 25.1 Å². The van der Waals surface area contributed by atoms with E-state index in [4.69, 9.17) is 9.47 Å². The molecule has 5 atom stereocenters. The summed E-state index contributed by atoms with van der Waals surface area (Å²) in [6.45, 7) is 0.399. The van der Waals surface area contributed by atoms with Crippen molar-refractivity contribution in [3.63, 3.8) is 0 Å². The number of rotatable bonds is 6. The molecule has 11 heteroatoms. The van der Waals surface area contributed by atoms with Crippen molar-refractivity contribution in [3.05, 3.63) is 16.7 Å². The molecule has 2 aliphatic heterocycles. The molecule has 0 saturated carbocycles. The van der Waals surface area contributed by atoms with E-state index >= 15 is 0 Å². The van der Waals surface area contributed by atoms with Crippen LogP contribution in [0.3, 0.4) is 0 Å². The van der Waals surface area contributed by atoms with Gasteiger partial charge in [-0.25, -0.2) is 4.98 Å². The second-order valence-corrected chi connectivity index (χ2v) is 6.17. The quantitative estimate of drug-likeness (QED) is 0.368. The summed E-state index contributed by atoms with van der Waals surface area (Å²) >= 11 is 0. The molecule has 25 heavy (non-hydrogen) atoms. The Morgan fingerprint density at radius 2 is 2.32 bits per heavy atom. The summed E-state index contributed by atoms with van der Waals surface area (Å²) in [7, 11) is 0. The van der Waals surface area contributed by atoms with Gasteiger partial charge in [-0.3, -0.25) is 14.3 Å². The van der Waals surface area contributed by atoms with E-state index in [0.29, 0.717) is 12.3 Å². The fourth-order valence-electron chi connectivity index (χ4n) is 2.88. The summed E-state index contributed by atoms with van der Waals surface area (Å²) in [5.41, 5.74) is 0.00188. The van der Waals surface area contributed by atoms with Gasteiger partial charge < -0.3 is 30.1 Å². The first kappa shape index (κ1) is 16.4. The zero-order valence-electron chi connectivity index (χ0n) is 13.2. The number of aromatic amines is 1. The maximum atomic E-state index is 12.2. The van der Waals surface area contributed by atoms with Crippen LogP contribution in [-0.4, -0.2) is 79.0 Å². The minimum absolute atomic E-state index is 0.141. The van der Waals surface area contributed by atoms with E-state index in [1.165, 1.54) is 6.33 Å². The standard InChI is InChI=1S/C14H19N5O6/c20-3-8-6(21)1-10(25-8)19-5-16-11-12(19)17-14(18-13(11)23)15-2-7(22)9-4-24-9/h5-10,20-22H,1-4H2,(H2,15,17,18,23)/t6?,7?,8-,9?,10-/m1/s1. The number of hydrogen-bond donors (Lipinski definition) is 5. The highest BCUT2D eigenvalue weighted by molar-refractivity contribution is 5.70. The zero-order chi connectivity index (χ0) is 17.6. The molecule has 4 heterocycles. The van der Waals surface area contributed by atoms with Crippen LogP contribution in [0, 0.1) is 0 Å². The van der Waals surface area contributed by atoms with Crippen LogP contribution in [0.2, 0.25) is 0 Å². The van der Waals surface area contributed by atoms with Crippen LogP contribution in [-0.2, 0) is 9.47 Å². The van der Waals surface area contributed by atoms with Crippen LogP contribution < -0.4 is 10.9 Å². The highest BCUT2D eigenvalue weighted by Gasteiger charge is 2.35. The summed E-state index contributed by atoms with van der Waals surface area (Å²) in [4.78, 5) is 23.1. The fourth-order valence-corrected chi connectivity index (χ4v) is 2.88. The molecule has 0 aromatic carbocycles. The predicted octanol–water partition coefficient (Wildman–Crippen LogP) is -2.07. The van der Waals surface area contributed by atoms with Crippen LogP contribution in [0.4, 0.5) is 5.95 Å². The number of aliphatic hydroxyl groups is 3. The second kappa shape index (κ2) is 6.35. The molecular weight excluding hydrogens is 334 g/mol. The van der Waals surface area contributed by atoms with E-state index < -0.39 is 30.1 Å². The Hall–Kier alpha value is -2.05. The van der Waals surface area contributed by atoms with Crippen LogP contribution in [0.25, 0.3) is 11.2 Å². The number of epoxide rings is 1. The van der Waals surface area contributed by atoms with Gasteiger partial charge in [0.2, 0.25) is 5.95 Å². The summed E-state index contributed by atoms with van der Waals surface area (Å²) < 4.78 is 12.1. The number of anilines is 1. The van der Waals surface area contributed by atoms with Gasteiger partial charge in [-0.2, -0.15) is 4.98 Å². The molecular formula is C14H19N5O6. The lowest BCUT2D eigenvalue weighted by Gasteiger charge is -2.14. The van der Waals surface area contributed by atoms with Gasteiger partial charge in [0.1, 0.15) is 18.4 Å². The molecule has 0 radical (unpaired) electrons. The summed E-state index contributed by atoms with van der Waals surface area (Å²) in [5, 5.41) is 31.8. The second-order valence-electron chi connectivity index (χ2n) is 6.17. The van der Waals surface area contributed by atoms with Crippen molar-refractivity contribution >= 4 is 17.1 Å². The fraction of sp³-hybridized carbons (Fsp3) is 0.643. The van der Waals surface area contributed by atoms with E-state index in [2.05, 4.69) is 20.3 Å². The third kappa shape index (κ3) is 3.12. The van der Waals surface area contributed by atoms with E-state index in [9.17, 15) is 20.1 Å². The SMILES string of the molecule is O=c1[nH]c(NCC(O)C2CO2)nc2c1ncn2[C@H]1CC(O)[C@@H](CO)O1. The van der Waals surface area contributed by atoms with Gasteiger partial charge in [0.25, 0.3) is 5.56 Å². The Balaban J connectivity index is 1.59. The molecule has 0 bridgehead atoms. The van der Waals surface area contributed by atoms with Gasteiger partial charge in [-0.05, 0) is 0 Å². The minimum Gasteiger partial charge on any atom is -0.394 e. The lowest BCUT2D eigenvalue weighted by molar-refractivity contribution is -0.0432. The topological polar surface area (TPSA) is 158 Å². The van der Waals surface area contributed by atoms with E-state index in [0.717, 1.165) is 0 Å². The molecule has 11 nitrogen and oxygen atoms in total. The Bertz CT molecular complexity index is 818. The van der Waals surface area contributed by atoms with Gasteiger partial charge in [-0.15, -0.1) is 0 Å². The number of H-pyrrole nitrogens is 1. The molecule has 2 aromatic heterocycles. The molecule has 136 valence electrons. The first-order valence-corrected chi connectivity index (χ1v) is 8.01. The third-order valence-electron chi connectivity index (χ3n) is 4.39. The lowest BCUT2D eigenvalue weighted by atomic mass is 10.2. The molecule has 2 fully saturated rings. The van der Waals surface area contributed by atoms with E-state index in [1.54, 1.807) is 4.57 Å². The van der Waals surface area contributed by atoms with Crippen molar-refractivity contribution in [1.82, 2.24) is 19.5 Å². The Labute approximate surface area is 141 Å². The first-order valence-electron chi connectivity index (χ1n) is 8.01. The maximum Gasteiger partial charge on any atom is 0.280 e. The molecule has 0 spiro atoms. The number of fused-ring (bicyclic) bond motifs is 1. The van der Waals surface area contributed by atoms with Crippen LogP contribution >= 0.6 is 0 Å².